The molecule has 0 aliphatic carbocycles. The van der Waals surface area contributed by atoms with Crippen LogP contribution in [0.2, 0.25) is 0 Å². The van der Waals surface area contributed by atoms with E-state index in [1.165, 1.54) is 6.07 Å². The van der Waals surface area contributed by atoms with E-state index in [2.05, 4.69) is 28.1 Å². The maximum atomic E-state index is 13.6. The van der Waals surface area contributed by atoms with E-state index in [9.17, 15) is 4.39 Å². The maximum absolute atomic E-state index is 13.6. The van der Waals surface area contributed by atoms with Crippen LogP contribution in [0.5, 0.6) is 0 Å². The standard InChI is InChI=1S/C16H17BrFN/c1-9-4-5-12(8-15(9)18)16(19)13-6-11(3)14(17)7-10(13)2/h4-8,16H,19H2,1-3H3. The maximum Gasteiger partial charge on any atom is 0.126 e. The zero-order chi connectivity index (χ0) is 14.2. The summed E-state index contributed by atoms with van der Waals surface area (Å²) in [5.41, 5.74) is 11.0. The Bertz CT molecular complexity index is 622. The Morgan fingerprint density at radius 2 is 1.68 bits per heavy atom. The van der Waals surface area contributed by atoms with Crippen LogP contribution in [0.1, 0.15) is 33.9 Å². The number of hydrogen-bond acceptors (Lipinski definition) is 1. The van der Waals surface area contributed by atoms with E-state index in [1.54, 1.807) is 13.0 Å². The number of rotatable bonds is 2. The van der Waals surface area contributed by atoms with E-state index in [1.807, 2.05) is 19.9 Å². The van der Waals surface area contributed by atoms with Crippen LogP contribution in [0.25, 0.3) is 0 Å². The molecule has 100 valence electrons. The summed E-state index contributed by atoms with van der Waals surface area (Å²) in [4.78, 5) is 0. The van der Waals surface area contributed by atoms with Gasteiger partial charge in [-0.3, -0.25) is 0 Å². The van der Waals surface area contributed by atoms with Gasteiger partial charge in [-0.15, -0.1) is 0 Å². The zero-order valence-electron chi connectivity index (χ0n) is 11.3. The van der Waals surface area contributed by atoms with Crippen LogP contribution in [0.4, 0.5) is 4.39 Å². The van der Waals surface area contributed by atoms with Gasteiger partial charge < -0.3 is 5.73 Å². The lowest BCUT2D eigenvalue weighted by molar-refractivity contribution is 0.614. The molecule has 1 atom stereocenters. The fourth-order valence-electron chi connectivity index (χ4n) is 2.12. The van der Waals surface area contributed by atoms with Gasteiger partial charge in [-0.25, -0.2) is 4.39 Å². The second-order valence-corrected chi connectivity index (χ2v) is 5.80. The molecule has 0 saturated heterocycles. The number of halogens is 2. The van der Waals surface area contributed by atoms with Crippen molar-refractivity contribution in [2.45, 2.75) is 26.8 Å². The highest BCUT2D eigenvalue weighted by Crippen LogP contribution is 2.28. The molecule has 3 heteroatoms. The summed E-state index contributed by atoms with van der Waals surface area (Å²) in [6, 6.07) is 8.99. The molecule has 0 bridgehead atoms. The summed E-state index contributed by atoms with van der Waals surface area (Å²) in [6.45, 7) is 5.79. The molecule has 0 aliphatic rings. The molecule has 2 aromatic rings. The highest BCUT2D eigenvalue weighted by molar-refractivity contribution is 9.10. The second-order valence-electron chi connectivity index (χ2n) is 4.94. The highest BCUT2D eigenvalue weighted by atomic mass is 79.9. The fourth-order valence-corrected chi connectivity index (χ4v) is 2.58. The average Bonchev–Trinajstić information content (AvgIpc) is 2.36. The van der Waals surface area contributed by atoms with Gasteiger partial charge in [0.25, 0.3) is 0 Å². The van der Waals surface area contributed by atoms with Crippen molar-refractivity contribution in [3.63, 3.8) is 0 Å². The van der Waals surface area contributed by atoms with Crippen LogP contribution >= 0.6 is 15.9 Å². The first-order valence-electron chi connectivity index (χ1n) is 6.18. The van der Waals surface area contributed by atoms with Crippen molar-refractivity contribution in [2.75, 3.05) is 0 Å². The number of hydrogen-bond donors (Lipinski definition) is 1. The van der Waals surface area contributed by atoms with Crippen molar-refractivity contribution in [3.8, 4) is 0 Å². The minimum Gasteiger partial charge on any atom is -0.320 e. The fraction of sp³-hybridized carbons (Fsp3) is 0.250. The van der Waals surface area contributed by atoms with E-state index >= 15 is 0 Å². The van der Waals surface area contributed by atoms with Gasteiger partial charge in [0.15, 0.2) is 0 Å². The van der Waals surface area contributed by atoms with Crippen LogP contribution in [-0.2, 0) is 0 Å². The Hall–Kier alpha value is -1.19. The first-order valence-corrected chi connectivity index (χ1v) is 6.97. The van der Waals surface area contributed by atoms with Crippen molar-refractivity contribution in [1.29, 1.82) is 0 Å². The zero-order valence-corrected chi connectivity index (χ0v) is 12.9. The topological polar surface area (TPSA) is 26.0 Å². The van der Waals surface area contributed by atoms with Crippen LogP contribution in [0.15, 0.2) is 34.8 Å². The van der Waals surface area contributed by atoms with Gasteiger partial charge in [0.1, 0.15) is 5.82 Å². The summed E-state index contributed by atoms with van der Waals surface area (Å²) in [7, 11) is 0. The molecule has 0 fully saturated rings. The third-order valence-corrected chi connectivity index (χ3v) is 4.29. The second kappa shape index (κ2) is 5.43. The molecule has 19 heavy (non-hydrogen) atoms. The summed E-state index contributed by atoms with van der Waals surface area (Å²) >= 11 is 3.51. The minimum absolute atomic E-state index is 0.209. The van der Waals surface area contributed by atoms with Crippen molar-refractivity contribution in [3.05, 3.63) is 68.4 Å². The smallest absolute Gasteiger partial charge is 0.126 e. The largest absolute Gasteiger partial charge is 0.320 e. The first kappa shape index (κ1) is 14.2. The molecular weight excluding hydrogens is 305 g/mol. The number of benzene rings is 2. The van der Waals surface area contributed by atoms with Gasteiger partial charge in [-0.05, 0) is 60.7 Å². The molecule has 0 aromatic heterocycles. The molecule has 0 aliphatic heterocycles. The molecule has 0 amide bonds. The lowest BCUT2D eigenvalue weighted by Gasteiger charge is -2.17. The molecule has 0 saturated carbocycles. The minimum atomic E-state index is -0.304. The monoisotopic (exact) mass is 321 g/mol. The molecule has 2 N–H and O–H groups in total. The van der Waals surface area contributed by atoms with E-state index in [0.717, 1.165) is 26.7 Å². The average molecular weight is 322 g/mol. The quantitative estimate of drug-likeness (QED) is 0.862. The van der Waals surface area contributed by atoms with E-state index < -0.39 is 0 Å². The predicted octanol–water partition coefficient (Wildman–Crippen LogP) is 4.56. The van der Waals surface area contributed by atoms with Gasteiger partial charge in [0.2, 0.25) is 0 Å². The SMILES string of the molecule is Cc1ccc(C(N)c2cc(C)c(Br)cc2C)cc1F. The Morgan fingerprint density at radius 1 is 1.00 bits per heavy atom. The molecule has 1 unspecified atom stereocenters. The molecule has 0 heterocycles. The molecule has 0 radical (unpaired) electrons. The molecule has 2 aromatic carbocycles. The lowest BCUT2D eigenvalue weighted by Crippen LogP contribution is -2.14. The molecular formula is C16H17BrFN. The Kier molecular flexibility index (Phi) is 4.07. The third-order valence-electron chi connectivity index (χ3n) is 3.44. The molecule has 2 rings (SSSR count). The van der Waals surface area contributed by atoms with Crippen LogP contribution in [0.3, 0.4) is 0 Å². The van der Waals surface area contributed by atoms with Gasteiger partial charge >= 0.3 is 0 Å². The first-order chi connectivity index (χ1) is 8.90. The lowest BCUT2D eigenvalue weighted by atomic mass is 9.94. The van der Waals surface area contributed by atoms with Crippen LogP contribution in [0, 0.1) is 26.6 Å². The third kappa shape index (κ3) is 2.88. The summed E-state index contributed by atoms with van der Waals surface area (Å²) < 4.78 is 14.7. The predicted molar refractivity (Wildman–Crippen MR) is 80.8 cm³/mol. The number of aryl methyl sites for hydroxylation is 3. The van der Waals surface area contributed by atoms with Crippen molar-refractivity contribution in [2.24, 2.45) is 5.73 Å². The van der Waals surface area contributed by atoms with Gasteiger partial charge in [0, 0.05) is 4.47 Å². The van der Waals surface area contributed by atoms with Crippen molar-refractivity contribution >= 4 is 15.9 Å². The van der Waals surface area contributed by atoms with E-state index in [4.69, 9.17) is 5.73 Å². The van der Waals surface area contributed by atoms with Crippen LogP contribution < -0.4 is 5.73 Å². The summed E-state index contributed by atoms with van der Waals surface area (Å²) in [5.74, 6) is -0.209. The summed E-state index contributed by atoms with van der Waals surface area (Å²) in [6.07, 6.45) is 0. The Labute approximate surface area is 121 Å². The normalized spacial score (nSPS) is 12.5. The van der Waals surface area contributed by atoms with Crippen molar-refractivity contribution < 1.29 is 4.39 Å². The Balaban J connectivity index is 2.46. The van der Waals surface area contributed by atoms with Crippen molar-refractivity contribution in [1.82, 2.24) is 0 Å². The number of nitrogens with two attached hydrogens (primary N) is 1. The summed E-state index contributed by atoms with van der Waals surface area (Å²) in [5, 5.41) is 0. The Morgan fingerprint density at radius 3 is 2.32 bits per heavy atom. The van der Waals surface area contributed by atoms with Gasteiger partial charge in [-0.1, -0.05) is 34.1 Å². The van der Waals surface area contributed by atoms with Gasteiger partial charge in [0.05, 0.1) is 6.04 Å². The highest BCUT2D eigenvalue weighted by Gasteiger charge is 2.14. The van der Waals surface area contributed by atoms with E-state index in [0.29, 0.717) is 5.56 Å². The molecule has 1 nitrogen and oxygen atoms in total. The van der Waals surface area contributed by atoms with Gasteiger partial charge in [-0.2, -0.15) is 0 Å². The van der Waals surface area contributed by atoms with Crippen LogP contribution in [-0.4, -0.2) is 0 Å². The molecule has 0 spiro atoms. The van der Waals surface area contributed by atoms with E-state index in [-0.39, 0.29) is 11.9 Å².